The monoisotopic (exact) mass is 1140 g/mol. The first-order chi connectivity index (χ1) is 30.9. The minimum atomic E-state index is -5.91. The van der Waals surface area contributed by atoms with Crippen LogP contribution in [0.15, 0.2) is 24.3 Å². The van der Waals surface area contributed by atoms with Crippen molar-refractivity contribution in [2.24, 2.45) is 0 Å². The molecule has 1 aromatic rings. The van der Waals surface area contributed by atoms with Crippen molar-refractivity contribution in [1.82, 2.24) is 4.72 Å². The van der Waals surface area contributed by atoms with Gasteiger partial charge in [-0.2, -0.15) is 0 Å². The Bertz CT molecular complexity index is 2030. The molecule has 382 valence electrons. The zero-order valence-electron chi connectivity index (χ0n) is 38.5. The Morgan fingerprint density at radius 2 is 1.51 bits per heavy atom. The Hall–Kier alpha value is 2.12. The van der Waals surface area contributed by atoms with E-state index in [1.54, 1.807) is 24.3 Å². The van der Waals surface area contributed by atoms with Gasteiger partial charge in [0.15, 0.2) is 29.0 Å². The smallest absolute Gasteiger partial charge is 0.735 e. The number of methoxy groups -OCH3 is 1. The Morgan fingerprint density at radius 3 is 2.10 bits per heavy atom. The Balaban J connectivity index is 0.0000119. The molecule has 0 amide bonds. The van der Waals surface area contributed by atoms with E-state index in [0.29, 0.717) is 23.2 Å². The maximum Gasteiger partial charge on any atom is 1.00 e. The van der Waals surface area contributed by atoms with Crippen molar-refractivity contribution in [2.45, 2.75) is 123 Å². The molecule has 1 aromatic carbocycles. The predicted molar refractivity (Wildman–Crippen MR) is 218 cm³/mol. The van der Waals surface area contributed by atoms with E-state index in [1.165, 1.54) is 23.3 Å². The molecule has 28 nitrogen and oxygen atoms in total. The number of hydrogen-bond acceptors (Lipinski definition) is 29. The first kappa shape index (κ1) is 72.1. The molecule has 0 spiro atoms. The van der Waals surface area contributed by atoms with Gasteiger partial charge in [0.2, 0.25) is 20.8 Å². The van der Waals surface area contributed by atoms with Gasteiger partial charge in [0.1, 0.15) is 61.0 Å². The molecule has 3 saturated heterocycles. The van der Waals surface area contributed by atoms with Gasteiger partial charge < -0.3 is 83.2 Å². The largest absolute Gasteiger partial charge is 1.00 e. The first-order valence-corrected chi connectivity index (χ1v) is 26.2. The number of hydrogen-bond donors (Lipinski definition) is 9. The van der Waals surface area contributed by atoms with Crippen molar-refractivity contribution in [3.8, 4) is 0 Å². The van der Waals surface area contributed by atoms with Gasteiger partial charge in [-0.25, -0.2) is 30.0 Å². The summed E-state index contributed by atoms with van der Waals surface area (Å²) in [4.78, 5) is 17.8. The average Bonchev–Trinajstić information content (AvgIpc) is 3.76. The Morgan fingerprint density at radius 1 is 0.857 bits per heavy atom. The van der Waals surface area contributed by atoms with Gasteiger partial charge in [0.05, 0.1) is 37.6 Å². The summed E-state index contributed by atoms with van der Waals surface area (Å²) in [5, 5.41) is 80.4. The van der Waals surface area contributed by atoms with Gasteiger partial charge in [0, 0.05) is 30.3 Å². The number of ether oxygens (including phenoxy) is 5. The molecule has 3 aliphatic heterocycles. The van der Waals surface area contributed by atoms with Crippen LogP contribution in [0.2, 0.25) is 0 Å². The van der Waals surface area contributed by atoms with Crippen molar-refractivity contribution in [1.29, 1.82) is 0 Å². The molecular weight excluding hydrogens is 1090 g/mol. The molecule has 70 heavy (non-hydrogen) atoms. The maximum absolute atomic E-state index is 12.3. The minimum absolute atomic E-state index is 0. The first-order valence-electron chi connectivity index (χ1n) is 19.7. The molecule has 0 aliphatic carbocycles. The number of aliphatic carboxylic acids is 1. The molecule has 0 saturated carbocycles. The number of aliphatic hydroxyl groups excluding tert-OH is 6. The zero-order chi connectivity index (χ0) is 49.0. The van der Waals surface area contributed by atoms with Crippen LogP contribution in [0, 0.1) is 0 Å². The van der Waals surface area contributed by atoms with Crippen LogP contribution in [0.3, 0.4) is 0 Å². The number of rotatable bonds is 28. The predicted octanol–water partition coefficient (Wildman–Crippen LogP) is -17.3. The number of benzene rings is 1. The fourth-order valence-corrected chi connectivity index (χ4v) is 11.2. The summed E-state index contributed by atoms with van der Waals surface area (Å²) in [6.45, 7) is -2.46. The summed E-state index contributed by atoms with van der Waals surface area (Å²) < 4.78 is 139. The quantitative estimate of drug-likeness (QED) is 0.00939. The third kappa shape index (κ3) is 24.4. The Labute approximate surface area is 500 Å². The normalized spacial score (nSPS) is 28.9. The number of carboxylic acids is 1. The van der Waals surface area contributed by atoms with Crippen molar-refractivity contribution in [3.05, 3.63) is 24.3 Å². The number of unbranched alkanes of at least 4 members (excludes halogenated alkanes) is 2. The SMILES string of the molecule is CO[C@H]1C(COS(=O)(=O)[O-])O[C@H](O[C@@H]2C(C(=O)[O-])O[C@@H](OCC(O)[C@@H](O)[C@@H](O)C(O)CNc3cccc(NOCCCCCC4CCSS4)c3)C(OS(=O)(=O)[O-])[C@@H]2O)C(NS(=O)(=O)[O-])[C@@H]1O.[Na+].[Na+].[Na+].[Na+]. The molecule has 3 aliphatic rings. The van der Waals surface area contributed by atoms with E-state index in [4.69, 9.17) is 28.5 Å². The maximum atomic E-state index is 12.3. The van der Waals surface area contributed by atoms with E-state index < -0.39 is 143 Å². The third-order valence-electron chi connectivity index (χ3n) is 10.0. The second kappa shape index (κ2) is 34.2. The van der Waals surface area contributed by atoms with Crippen molar-refractivity contribution < 1.29 is 235 Å². The molecule has 9 N–H and O–H groups in total. The minimum Gasteiger partial charge on any atom is -0.735 e. The van der Waals surface area contributed by atoms with Crippen molar-refractivity contribution in [2.75, 3.05) is 50.0 Å². The van der Waals surface area contributed by atoms with Crippen molar-refractivity contribution in [3.63, 3.8) is 0 Å². The second-order valence-corrected chi connectivity index (χ2v) is 20.9. The summed E-state index contributed by atoms with van der Waals surface area (Å²) in [5.74, 6) is -1.13. The van der Waals surface area contributed by atoms with Crippen LogP contribution in [-0.4, -0.2) is 206 Å². The number of carbonyl (C=O) groups excluding carboxylic acids is 1. The van der Waals surface area contributed by atoms with E-state index in [1.807, 2.05) is 21.6 Å². The fraction of sp³-hybridized carbons (Fsp3) is 0.788. The Kier molecular flexibility index (Phi) is 35.2. The average molecular weight is 1140 g/mol. The van der Waals surface area contributed by atoms with E-state index in [0.717, 1.165) is 26.4 Å². The molecule has 7 unspecified atom stereocenters. The zero-order valence-corrected chi connectivity index (χ0v) is 50.6. The number of nitrogens with one attached hydrogen (secondary N) is 3. The summed E-state index contributed by atoms with van der Waals surface area (Å²) in [7, 11) is -12.2. The van der Waals surface area contributed by atoms with Crippen molar-refractivity contribution >= 4 is 70.0 Å². The molecule has 37 heteroatoms. The molecule has 3 fully saturated rings. The second-order valence-electron chi connectivity index (χ2n) is 14.9. The molecule has 15 atom stereocenters. The number of carbonyl (C=O) groups is 1. The molecule has 0 bridgehead atoms. The number of aliphatic hydroxyl groups is 6. The number of carboxylic acid groups (broad SMARTS) is 1. The van der Waals surface area contributed by atoms with Crippen LogP contribution in [0.5, 0.6) is 0 Å². The van der Waals surface area contributed by atoms with Crippen LogP contribution >= 0.6 is 21.6 Å². The van der Waals surface area contributed by atoms with E-state index in [9.17, 15) is 79.5 Å². The van der Waals surface area contributed by atoms with Gasteiger partial charge in [0.25, 0.3) is 0 Å². The number of anilines is 2. The topological polar surface area (TPSA) is 443 Å². The molecule has 4 rings (SSSR count). The van der Waals surface area contributed by atoms with Gasteiger partial charge in [-0.1, -0.05) is 40.5 Å². The van der Waals surface area contributed by atoms with Gasteiger partial charge in [-0.15, -0.1) is 0 Å². The van der Waals surface area contributed by atoms with E-state index in [-0.39, 0.29) is 118 Å². The molecule has 3 heterocycles. The van der Waals surface area contributed by atoms with Crippen LogP contribution in [0.1, 0.15) is 32.1 Å². The fourth-order valence-electron chi connectivity index (χ4n) is 6.80. The standard InChI is InChI=1S/C33H55N3O25S5.4Na/c1-54-27-21(15-57-65(48,49)50)58-32(22(25(27)41)36-64(45,46)47)59-28-26(42)29(61-66(51,52)53)33(60-30(28)31(43)44)55-14-20(38)24(40)23(39)19(37)13-34-16-6-5-7-17(12-16)35-56-10-4-2-3-8-18-9-11-62-63-18;;;;/h5-7,12,18-30,32-42H,2-4,8-11,13-15H2,1H3,(H,43,44)(H,45,46,47)(H,48,49,50)(H,51,52,53);;;;/q;4*+1/p-4/t18?,19?,20?,21?,22?,23-,24+,25-,26+,27-,28-,29?,30?,32+,33+;;;;/m0..../s1. The van der Waals surface area contributed by atoms with Crippen LogP contribution in [0.25, 0.3) is 0 Å². The molecule has 0 radical (unpaired) electrons. The van der Waals surface area contributed by atoms with Gasteiger partial charge >= 0.3 is 118 Å². The van der Waals surface area contributed by atoms with E-state index in [2.05, 4.69) is 19.2 Å². The van der Waals surface area contributed by atoms with Gasteiger partial charge in [-0.3, -0.25) is 18.7 Å². The third-order valence-corrected chi connectivity index (χ3v) is 14.5. The molecule has 0 aromatic heterocycles. The van der Waals surface area contributed by atoms with E-state index >= 15 is 0 Å². The molecular formula is C33H51N3Na4O25S5. The summed E-state index contributed by atoms with van der Waals surface area (Å²) >= 11 is 0. The summed E-state index contributed by atoms with van der Waals surface area (Å²) in [5.41, 5.74) is 3.81. The van der Waals surface area contributed by atoms with Gasteiger partial charge in [-0.05, 0) is 37.5 Å². The summed E-state index contributed by atoms with van der Waals surface area (Å²) in [6, 6.07) is 4.27. The summed E-state index contributed by atoms with van der Waals surface area (Å²) in [6.07, 6.45) is -24.8. The van der Waals surface area contributed by atoms with Crippen LogP contribution in [0.4, 0.5) is 11.4 Å². The van der Waals surface area contributed by atoms with Crippen LogP contribution < -0.4 is 139 Å². The van der Waals surface area contributed by atoms with Crippen LogP contribution in [-0.2, 0) is 72.8 Å².